The quantitative estimate of drug-likeness (QED) is 0.411. The second-order valence-corrected chi connectivity index (χ2v) is 9.54. The van der Waals surface area contributed by atoms with Crippen LogP contribution in [-0.2, 0) is 0 Å². The van der Waals surface area contributed by atoms with Crippen molar-refractivity contribution in [1.82, 2.24) is 14.9 Å². The van der Waals surface area contributed by atoms with Gasteiger partial charge < -0.3 is 10.2 Å². The molecule has 1 aliphatic rings. The number of fused-ring (bicyclic) bond motifs is 2. The minimum Gasteiger partial charge on any atom is -0.352 e. The van der Waals surface area contributed by atoms with Crippen LogP contribution in [0.2, 0.25) is 0 Å². The van der Waals surface area contributed by atoms with E-state index in [9.17, 15) is 4.39 Å². The molecule has 4 heterocycles. The number of nitrogens with zero attached hydrogens (tertiary/aromatic N) is 3. The van der Waals surface area contributed by atoms with Gasteiger partial charge in [-0.15, -0.1) is 22.7 Å². The van der Waals surface area contributed by atoms with Gasteiger partial charge in [-0.25, -0.2) is 14.4 Å². The molecule has 0 radical (unpaired) electrons. The Kier molecular flexibility index (Phi) is 4.97. The molecule has 4 aromatic rings. The molecule has 1 aromatic carbocycles. The molecule has 0 unspecified atom stereocenters. The van der Waals surface area contributed by atoms with Gasteiger partial charge in [0.1, 0.15) is 10.3 Å². The standard InChI is InChI=1S/C22H23FN4S2/c1-3-27-10-4-5-14(13(27)2)19-11-15-16(8-9-24-22(15)29-19)26-17-6-7-18-21(20(17)23)25-12-28-18/h6-9,11-14H,3-5,10H2,1-2H3,(H,24,26)/t13-,14-/m0/s1. The summed E-state index contributed by atoms with van der Waals surface area (Å²) in [6.07, 6.45) is 4.24. The van der Waals surface area contributed by atoms with E-state index in [0.29, 0.717) is 23.2 Å². The molecule has 150 valence electrons. The molecule has 1 aliphatic heterocycles. The van der Waals surface area contributed by atoms with Crippen molar-refractivity contribution in [3.63, 3.8) is 0 Å². The van der Waals surface area contributed by atoms with Crippen molar-refractivity contribution >= 4 is 54.5 Å². The first kappa shape index (κ1) is 18.9. The van der Waals surface area contributed by atoms with Crippen molar-refractivity contribution in [2.24, 2.45) is 0 Å². The highest BCUT2D eigenvalue weighted by molar-refractivity contribution is 7.18. The fourth-order valence-corrected chi connectivity index (χ4v) is 6.36. The van der Waals surface area contributed by atoms with Crippen molar-refractivity contribution in [2.45, 2.75) is 38.6 Å². The fourth-order valence-electron chi connectivity index (χ4n) is 4.43. The van der Waals surface area contributed by atoms with Crippen molar-refractivity contribution in [3.05, 3.63) is 46.7 Å². The second-order valence-electron chi connectivity index (χ2n) is 7.60. The minimum absolute atomic E-state index is 0.302. The van der Waals surface area contributed by atoms with Gasteiger partial charge in [-0.1, -0.05) is 6.92 Å². The van der Waals surface area contributed by atoms with E-state index in [1.165, 1.54) is 35.6 Å². The average Bonchev–Trinajstić information content (AvgIpc) is 3.38. The molecule has 29 heavy (non-hydrogen) atoms. The Hall–Kier alpha value is -2.09. The number of rotatable bonds is 4. The van der Waals surface area contributed by atoms with E-state index >= 15 is 0 Å². The van der Waals surface area contributed by atoms with Crippen LogP contribution in [-0.4, -0.2) is 34.0 Å². The van der Waals surface area contributed by atoms with E-state index in [1.54, 1.807) is 29.1 Å². The highest BCUT2D eigenvalue weighted by atomic mass is 32.1. The third-order valence-corrected chi connectivity index (χ3v) is 8.02. The molecule has 0 bridgehead atoms. The molecule has 7 heteroatoms. The van der Waals surface area contributed by atoms with Crippen molar-refractivity contribution < 1.29 is 4.39 Å². The smallest absolute Gasteiger partial charge is 0.173 e. The second kappa shape index (κ2) is 7.63. The van der Waals surface area contributed by atoms with Gasteiger partial charge in [-0.05, 0) is 57.1 Å². The summed E-state index contributed by atoms with van der Waals surface area (Å²) in [4.78, 5) is 13.7. The molecule has 1 saturated heterocycles. The molecular weight excluding hydrogens is 403 g/mol. The first-order chi connectivity index (χ1) is 14.2. The third-order valence-electron chi connectivity index (χ3n) is 6.06. The maximum absolute atomic E-state index is 14.9. The van der Waals surface area contributed by atoms with Gasteiger partial charge in [0.2, 0.25) is 0 Å². The van der Waals surface area contributed by atoms with E-state index in [0.717, 1.165) is 27.1 Å². The van der Waals surface area contributed by atoms with Crippen LogP contribution in [0.4, 0.5) is 15.8 Å². The van der Waals surface area contributed by atoms with E-state index in [4.69, 9.17) is 0 Å². The van der Waals surface area contributed by atoms with Crippen molar-refractivity contribution in [1.29, 1.82) is 0 Å². The van der Waals surface area contributed by atoms with Gasteiger partial charge in [0.15, 0.2) is 5.82 Å². The lowest BCUT2D eigenvalue weighted by atomic mass is 9.89. The first-order valence-electron chi connectivity index (χ1n) is 10.1. The maximum Gasteiger partial charge on any atom is 0.173 e. The molecule has 1 N–H and O–H groups in total. The fraction of sp³-hybridized carbons (Fsp3) is 0.364. The van der Waals surface area contributed by atoms with Crippen LogP contribution in [0.25, 0.3) is 20.4 Å². The molecule has 3 aromatic heterocycles. The number of likely N-dealkylation sites (tertiary alicyclic amines) is 1. The maximum atomic E-state index is 14.9. The summed E-state index contributed by atoms with van der Waals surface area (Å²) in [6.45, 7) is 6.85. The highest BCUT2D eigenvalue weighted by Crippen LogP contribution is 2.40. The Balaban J connectivity index is 1.51. The number of benzene rings is 1. The zero-order chi connectivity index (χ0) is 20.0. The van der Waals surface area contributed by atoms with E-state index in [-0.39, 0.29) is 5.82 Å². The largest absolute Gasteiger partial charge is 0.352 e. The number of halogens is 1. The number of likely N-dealkylation sites (N-methyl/N-ethyl adjacent to an activating group) is 1. The lowest BCUT2D eigenvalue weighted by Gasteiger charge is -2.38. The number of pyridine rings is 1. The van der Waals surface area contributed by atoms with Gasteiger partial charge in [0.25, 0.3) is 0 Å². The zero-order valence-corrected chi connectivity index (χ0v) is 18.1. The monoisotopic (exact) mass is 426 g/mol. The van der Waals surface area contributed by atoms with Gasteiger partial charge in [-0.3, -0.25) is 0 Å². The number of aromatic nitrogens is 2. The van der Waals surface area contributed by atoms with Gasteiger partial charge in [0.05, 0.1) is 21.6 Å². The van der Waals surface area contributed by atoms with Crippen LogP contribution in [0.5, 0.6) is 0 Å². The molecule has 0 spiro atoms. The van der Waals surface area contributed by atoms with Crippen LogP contribution in [0.15, 0.2) is 36.0 Å². The summed E-state index contributed by atoms with van der Waals surface area (Å²) >= 11 is 3.22. The van der Waals surface area contributed by atoms with Crippen molar-refractivity contribution in [2.75, 3.05) is 18.4 Å². The minimum atomic E-state index is -0.302. The van der Waals surface area contributed by atoms with E-state index in [1.807, 2.05) is 12.1 Å². The van der Waals surface area contributed by atoms with Crippen LogP contribution < -0.4 is 5.32 Å². The van der Waals surface area contributed by atoms with Gasteiger partial charge in [0, 0.05) is 28.4 Å². The lowest BCUT2D eigenvalue weighted by Crippen LogP contribution is -2.41. The SMILES string of the molecule is CCN1CCC[C@H](c2cc3c(Nc4ccc5scnc5c4F)ccnc3s2)[C@@H]1C. The van der Waals surface area contributed by atoms with Crippen molar-refractivity contribution in [3.8, 4) is 0 Å². The number of thiophene rings is 1. The van der Waals surface area contributed by atoms with E-state index < -0.39 is 0 Å². The lowest BCUT2D eigenvalue weighted by molar-refractivity contribution is 0.148. The Labute approximate surface area is 177 Å². The summed E-state index contributed by atoms with van der Waals surface area (Å²) in [5, 5.41) is 4.35. The highest BCUT2D eigenvalue weighted by Gasteiger charge is 2.29. The Morgan fingerprint density at radius 3 is 3.00 bits per heavy atom. The van der Waals surface area contributed by atoms with Crippen LogP contribution in [0.1, 0.15) is 37.5 Å². The molecule has 0 aliphatic carbocycles. The van der Waals surface area contributed by atoms with Crippen LogP contribution in [0, 0.1) is 5.82 Å². The summed E-state index contributed by atoms with van der Waals surface area (Å²) in [5.74, 6) is 0.225. The van der Waals surface area contributed by atoms with Crippen LogP contribution in [0.3, 0.4) is 0 Å². The summed E-state index contributed by atoms with van der Waals surface area (Å²) in [7, 11) is 0. The summed E-state index contributed by atoms with van der Waals surface area (Å²) < 4.78 is 15.7. The molecule has 0 saturated carbocycles. The molecular formula is C22H23FN4S2. The zero-order valence-electron chi connectivity index (χ0n) is 16.5. The predicted molar refractivity (Wildman–Crippen MR) is 121 cm³/mol. The number of nitrogens with one attached hydrogen (secondary N) is 1. The topological polar surface area (TPSA) is 41.0 Å². The summed E-state index contributed by atoms with van der Waals surface area (Å²) in [6, 6.07) is 8.42. The molecule has 2 atom stereocenters. The normalized spacial score (nSPS) is 20.5. The third kappa shape index (κ3) is 3.31. The summed E-state index contributed by atoms with van der Waals surface area (Å²) in [5.41, 5.74) is 3.44. The molecule has 1 fully saturated rings. The Bertz CT molecular complexity index is 1170. The van der Waals surface area contributed by atoms with E-state index in [2.05, 4.69) is 40.1 Å². The number of piperidine rings is 1. The number of hydrogen-bond donors (Lipinski definition) is 1. The number of anilines is 2. The van der Waals surface area contributed by atoms with Gasteiger partial charge >= 0.3 is 0 Å². The first-order valence-corrected chi connectivity index (χ1v) is 11.8. The Morgan fingerprint density at radius 2 is 2.14 bits per heavy atom. The molecule has 0 amide bonds. The van der Waals surface area contributed by atoms with Crippen LogP contribution >= 0.6 is 22.7 Å². The predicted octanol–water partition coefficient (Wildman–Crippen LogP) is 6.38. The molecule has 5 rings (SSSR count). The Morgan fingerprint density at radius 1 is 1.24 bits per heavy atom. The molecule has 4 nitrogen and oxygen atoms in total. The average molecular weight is 427 g/mol. The number of thiazole rings is 1. The van der Waals surface area contributed by atoms with Gasteiger partial charge in [-0.2, -0.15) is 0 Å². The number of hydrogen-bond acceptors (Lipinski definition) is 6.